The Hall–Kier alpha value is -2.32. The molecule has 0 aliphatic carbocycles. The Morgan fingerprint density at radius 1 is 1.08 bits per heavy atom. The van der Waals surface area contributed by atoms with Crippen LogP contribution in [-0.4, -0.2) is 56.5 Å². The minimum Gasteiger partial charge on any atom is -0.493 e. The fourth-order valence-electron chi connectivity index (χ4n) is 3.34. The molecule has 2 fully saturated rings. The van der Waals surface area contributed by atoms with Crippen molar-refractivity contribution in [2.75, 3.05) is 45.4 Å². The summed E-state index contributed by atoms with van der Waals surface area (Å²) < 4.78 is 27.7. The minimum atomic E-state index is -0.421. The first-order valence-corrected chi connectivity index (χ1v) is 8.33. The predicted molar refractivity (Wildman–Crippen MR) is 88.9 cm³/mol. The van der Waals surface area contributed by atoms with Crippen molar-refractivity contribution >= 4 is 6.01 Å². The van der Waals surface area contributed by atoms with E-state index in [0.717, 1.165) is 31.5 Å². The summed E-state index contributed by atoms with van der Waals surface area (Å²) >= 11 is 0. The van der Waals surface area contributed by atoms with Crippen molar-refractivity contribution in [1.29, 1.82) is 0 Å². The van der Waals surface area contributed by atoms with Gasteiger partial charge in [-0.05, 0) is 12.1 Å². The number of hydrogen-bond donors (Lipinski definition) is 0. The number of nitrogens with zero attached hydrogens (tertiary/aromatic N) is 3. The molecule has 0 radical (unpaired) electrons. The van der Waals surface area contributed by atoms with Gasteiger partial charge in [-0.1, -0.05) is 11.2 Å². The summed E-state index contributed by atoms with van der Waals surface area (Å²) in [6, 6.07) is 6.07. The van der Waals surface area contributed by atoms with Gasteiger partial charge in [0.15, 0.2) is 17.3 Å². The third-order valence-electron chi connectivity index (χ3n) is 4.67. The van der Waals surface area contributed by atoms with Gasteiger partial charge in [0.2, 0.25) is 5.82 Å². The lowest BCUT2D eigenvalue weighted by Crippen LogP contribution is -2.45. The van der Waals surface area contributed by atoms with E-state index in [-0.39, 0.29) is 0 Å². The molecule has 0 N–H and O–H groups in total. The maximum Gasteiger partial charge on any atom is 0.324 e. The summed E-state index contributed by atoms with van der Waals surface area (Å²) in [6.07, 6.45) is 1.57. The van der Waals surface area contributed by atoms with Crippen LogP contribution in [0.1, 0.15) is 12.8 Å². The van der Waals surface area contributed by atoms with E-state index in [9.17, 15) is 0 Å². The van der Waals surface area contributed by atoms with Crippen molar-refractivity contribution in [3.8, 4) is 22.9 Å². The van der Waals surface area contributed by atoms with Crippen LogP contribution >= 0.6 is 0 Å². The number of rotatable bonds is 4. The number of aromatic nitrogens is 2. The Balaban J connectivity index is 1.53. The van der Waals surface area contributed by atoms with Crippen molar-refractivity contribution < 1.29 is 23.5 Å². The molecule has 0 bridgehead atoms. The molecule has 1 aromatic heterocycles. The van der Waals surface area contributed by atoms with Gasteiger partial charge >= 0.3 is 6.01 Å². The third-order valence-corrected chi connectivity index (χ3v) is 4.67. The monoisotopic (exact) mass is 347 g/mol. The predicted octanol–water partition coefficient (Wildman–Crippen LogP) is 2.10. The lowest BCUT2D eigenvalue weighted by atomic mass is 10.0. The molecule has 2 aliphatic rings. The summed E-state index contributed by atoms with van der Waals surface area (Å²) in [4.78, 5) is 6.59. The zero-order valence-corrected chi connectivity index (χ0v) is 14.4. The maximum atomic E-state index is 5.75. The first-order chi connectivity index (χ1) is 12.2. The van der Waals surface area contributed by atoms with Crippen LogP contribution in [0.3, 0.4) is 0 Å². The van der Waals surface area contributed by atoms with Gasteiger partial charge in [-0.2, -0.15) is 4.98 Å². The van der Waals surface area contributed by atoms with Gasteiger partial charge in [-0.3, -0.25) is 0 Å². The zero-order valence-electron chi connectivity index (χ0n) is 14.4. The number of ether oxygens (including phenoxy) is 4. The van der Waals surface area contributed by atoms with E-state index in [2.05, 4.69) is 15.0 Å². The Labute approximate surface area is 145 Å². The standard InChI is InChI=1S/C17H21N3O5/c1-21-13-5-3-4-12(14(13)22-2)15-18-16(25-19-15)20-8-6-17(7-9-20)23-10-11-24-17/h3-5H,6-11H2,1-2H3. The summed E-state index contributed by atoms with van der Waals surface area (Å²) in [6.45, 7) is 2.83. The molecule has 2 saturated heterocycles. The first-order valence-electron chi connectivity index (χ1n) is 8.33. The maximum absolute atomic E-state index is 5.75. The lowest BCUT2D eigenvalue weighted by molar-refractivity contribution is -0.169. The number of benzene rings is 1. The van der Waals surface area contributed by atoms with Crippen molar-refractivity contribution in [2.24, 2.45) is 0 Å². The molecule has 0 saturated carbocycles. The molecular formula is C17H21N3O5. The summed E-state index contributed by atoms with van der Waals surface area (Å²) in [5.74, 6) is 1.26. The van der Waals surface area contributed by atoms with Gasteiger partial charge in [-0.25, -0.2) is 0 Å². The second-order valence-corrected chi connectivity index (χ2v) is 6.04. The average molecular weight is 347 g/mol. The van der Waals surface area contributed by atoms with E-state index in [1.807, 2.05) is 18.2 Å². The summed E-state index contributed by atoms with van der Waals surface area (Å²) in [5.41, 5.74) is 0.729. The van der Waals surface area contributed by atoms with Gasteiger partial charge < -0.3 is 28.4 Å². The van der Waals surface area contributed by atoms with Gasteiger partial charge in [0.05, 0.1) is 33.0 Å². The van der Waals surface area contributed by atoms with Crippen LogP contribution in [0.15, 0.2) is 22.7 Å². The quantitative estimate of drug-likeness (QED) is 0.832. The molecule has 25 heavy (non-hydrogen) atoms. The second-order valence-electron chi connectivity index (χ2n) is 6.04. The second kappa shape index (κ2) is 6.53. The van der Waals surface area contributed by atoms with Crippen LogP contribution in [0.25, 0.3) is 11.4 Å². The van der Waals surface area contributed by atoms with E-state index in [1.54, 1.807) is 14.2 Å². The molecule has 8 nitrogen and oxygen atoms in total. The van der Waals surface area contributed by atoms with Gasteiger partial charge in [0.25, 0.3) is 0 Å². The van der Waals surface area contributed by atoms with Gasteiger partial charge in [0.1, 0.15) is 0 Å². The van der Waals surface area contributed by atoms with E-state index >= 15 is 0 Å². The molecule has 0 unspecified atom stereocenters. The Bertz CT molecular complexity index is 732. The molecule has 2 aromatic rings. The highest BCUT2D eigenvalue weighted by molar-refractivity contribution is 5.69. The van der Waals surface area contributed by atoms with Crippen molar-refractivity contribution in [2.45, 2.75) is 18.6 Å². The average Bonchev–Trinajstić information content (AvgIpc) is 3.32. The number of piperidine rings is 1. The largest absolute Gasteiger partial charge is 0.493 e. The fourth-order valence-corrected chi connectivity index (χ4v) is 3.34. The minimum absolute atomic E-state index is 0.421. The number of para-hydroxylation sites is 1. The van der Waals surface area contributed by atoms with Crippen LogP contribution in [0.2, 0.25) is 0 Å². The third kappa shape index (κ3) is 2.91. The lowest BCUT2D eigenvalue weighted by Gasteiger charge is -2.36. The van der Waals surface area contributed by atoms with Crippen LogP contribution in [-0.2, 0) is 9.47 Å². The number of hydrogen-bond acceptors (Lipinski definition) is 8. The first kappa shape index (κ1) is 16.2. The van der Waals surface area contributed by atoms with Crippen LogP contribution < -0.4 is 14.4 Å². The Morgan fingerprint density at radius 3 is 2.52 bits per heavy atom. The number of anilines is 1. The zero-order chi connectivity index (χ0) is 17.3. The normalized spacial score (nSPS) is 19.4. The smallest absolute Gasteiger partial charge is 0.324 e. The molecule has 1 spiro atoms. The van der Waals surface area contributed by atoms with E-state index in [0.29, 0.717) is 36.6 Å². The molecule has 8 heteroatoms. The van der Waals surface area contributed by atoms with E-state index in [1.165, 1.54) is 0 Å². The van der Waals surface area contributed by atoms with E-state index < -0.39 is 5.79 Å². The molecule has 3 heterocycles. The van der Waals surface area contributed by atoms with Crippen molar-refractivity contribution in [3.63, 3.8) is 0 Å². The van der Waals surface area contributed by atoms with Crippen LogP contribution in [0, 0.1) is 0 Å². The number of methoxy groups -OCH3 is 2. The molecule has 134 valence electrons. The molecule has 2 aliphatic heterocycles. The van der Waals surface area contributed by atoms with Crippen molar-refractivity contribution in [1.82, 2.24) is 10.1 Å². The van der Waals surface area contributed by atoms with Crippen LogP contribution in [0.5, 0.6) is 11.5 Å². The highest BCUT2D eigenvalue weighted by Gasteiger charge is 2.40. The molecule has 0 amide bonds. The molecule has 0 atom stereocenters. The molecular weight excluding hydrogens is 326 g/mol. The summed E-state index contributed by atoms with van der Waals surface area (Å²) in [7, 11) is 3.19. The Kier molecular flexibility index (Phi) is 4.22. The van der Waals surface area contributed by atoms with Gasteiger partial charge in [0, 0.05) is 25.9 Å². The molecule has 4 rings (SSSR count). The van der Waals surface area contributed by atoms with Crippen molar-refractivity contribution in [3.05, 3.63) is 18.2 Å². The topological polar surface area (TPSA) is 79.1 Å². The molecule has 1 aromatic carbocycles. The highest BCUT2D eigenvalue weighted by atomic mass is 16.7. The van der Waals surface area contributed by atoms with E-state index in [4.69, 9.17) is 23.5 Å². The van der Waals surface area contributed by atoms with Crippen LogP contribution in [0.4, 0.5) is 6.01 Å². The highest BCUT2D eigenvalue weighted by Crippen LogP contribution is 2.38. The SMILES string of the molecule is COc1cccc(-c2noc(N3CCC4(CC3)OCCO4)n2)c1OC. The Morgan fingerprint density at radius 2 is 1.84 bits per heavy atom. The summed E-state index contributed by atoms with van der Waals surface area (Å²) in [5, 5.41) is 4.11. The van der Waals surface area contributed by atoms with Gasteiger partial charge in [-0.15, -0.1) is 0 Å². The fraction of sp³-hybridized carbons (Fsp3) is 0.529.